The van der Waals surface area contributed by atoms with Gasteiger partial charge in [-0.25, -0.2) is 9.48 Å². The zero-order chi connectivity index (χ0) is 26.9. The van der Waals surface area contributed by atoms with Gasteiger partial charge < -0.3 is 14.0 Å². The molecule has 0 bridgehead atoms. The molecule has 2 heterocycles. The number of esters is 1. The highest BCUT2D eigenvalue weighted by Gasteiger charge is 2.46. The van der Waals surface area contributed by atoms with Crippen LogP contribution in [-0.2, 0) is 4.74 Å². The Morgan fingerprint density at radius 1 is 1.03 bits per heavy atom. The lowest BCUT2D eigenvalue weighted by atomic mass is 9.86. The second-order valence-corrected chi connectivity index (χ2v) is 11.0. The van der Waals surface area contributed by atoms with Crippen molar-refractivity contribution in [2.45, 2.75) is 70.3 Å². The molecule has 0 amide bonds. The zero-order valence-electron chi connectivity index (χ0n) is 22.8. The molecule has 2 saturated carbocycles. The van der Waals surface area contributed by atoms with Crippen molar-refractivity contribution in [1.82, 2.24) is 14.9 Å². The van der Waals surface area contributed by atoms with Gasteiger partial charge in [0.1, 0.15) is 17.1 Å². The Bertz CT molecular complexity index is 1470. The smallest absolute Gasteiger partial charge is 0.341 e. The SMILES string of the molecule is COC(=O)c1cnn(-c2cccc(-c3cccc(O[C@@H](C)C4CCCCC4)c3)c2)c1C1C[C@H]1c1cc(C)no1. The van der Waals surface area contributed by atoms with Crippen molar-refractivity contribution >= 4 is 5.97 Å². The third-order valence-electron chi connectivity index (χ3n) is 8.26. The van der Waals surface area contributed by atoms with E-state index in [4.69, 9.17) is 14.0 Å². The number of hydrogen-bond acceptors (Lipinski definition) is 6. The van der Waals surface area contributed by atoms with E-state index in [0.29, 0.717) is 11.5 Å². The highest BCUT2D eigenvalue weighted by Crippen LogP contribution is 2.56. The molecule has 0 saturated heterocycles. The Hall–Kier alpha value is -3.87. The molecule has 6 rings (SSSR count). The number of carbonyl (C=O) groups excluding carboxylic acids is 1. The largest absolute Gasteiger partial charge is 0.490 e. The summed E-state index contributed by atoms with van der Waals surface area (Å²) in [6.45, 7) is 4.11. The van der Waals surface area contributed by atoms with E-state index in [1.807, 2.05) is 41.9 Å². The van der Waals surface area contributed by atoms with Crippen LogP contribution < -0.4 is 4.74 Å². The van der Waals surface area contributed by atoms with E-state index in [1.165, 1.54) is 39.2 Å². The van der Waals surface area contributed by atoms with Crippen LogP contribution in [0.15, 0.2) is 65.3 Å². The van der Waals surface area contributed by atoms with Gasteiger partial charge in [0.05, 0.1) is 36.5 Å². The Balaban J connectivity index is 1.29. The first-order chi connectivity index (χ1) is 19.0. The lowest BCUT2D eigenvalue weighted by molar-refractivity contribution is 0.0599. The summed E-state index contributed by atoms with van der Waals surface area (Å²) in [6.07, 6.45) is 9.13. The summed E-state index contributed by atoms with van der Waals surface area (Å²) < 4.78 is 18.9. The van der Waals surface area contributed by atoms with Gasteiger partial charge in [0.2, 0.25) is 0 Å². The minimum absolute atomic E-state index is 0.0932. The number of carbonyl (C=O) groups is 1. The van der Waals surface area contributed by atoms with Gasteiger partial charge in [0.25, 0.3) is 0 Å². The molecule has 0 spiro atoms. The maximum atomic E-state index is 12.7. The van der Waals surface area contributed by atoms with E-state index in [9.17, 15) is 4.79 Å². The van der Waals surface area contributed by atoms with Gasteiger partial charge in [-0.2, -0.15) is 5.10 Å². The first-order valence-electron chi connectivity index (χ1n) is 14.0. The predicted molar refractivity (Wildman–Crippen MR) is 148 cm³/mol. The van der Waals surface area contributed by atoms with Crippen LogP contribution in [0, 0.1) is 12.8 Å². The van der Waals surface area contributed by atoms with Crippen molar-refractivity contribution in [2.24, 2.45) is 5.92 Å². The van der Waals surface area contributed by atoms with Gasteiger partial charge in [-0.05, 0) is 74.4 Å². The van der Waals surface area contributed by atoms with Gasteiger partial charge in [0.15, 0.2) is 0 Å². The Morgan fingerprint density at radius 2 is 1.79 bits per heavy atom. The molecule has 2 aromatic heterocycles. The molecule has 0 N–H and O–H groups in total. The first-order valence-corrected chi connectivity index (χ1v) is 14.0. The molecule has 0 radical (unpaired) electrons. The average Bonchev–Trinajstić information content (AvgIpc) is 3.42. The standard InChI is InChI=1S/C32H35N3O4/c1-20-15-30(39-34-20)27-18-28(27)31-29(32(36)37-3)19-33-35(31)25-13-7-11-23(16-25)24-12-8-14-26(17-24)38-21(2)22-9-5-4-6-10-22/h7-8,11-17,19,21-22,27-28H,4-6,9-10,18H2,1-3H3/t21-,27+,28?/m0/s1. The number of aromatic nitrogens is 3. The fraction of sp³-hybridized carbons (Fsp3) is 0.406. The van der Waals surface area contributed by atoms with Gasteiger partial charge in [-0.3, -0.25) is 0 Å². The minimum atomic E-state index is -0.385. The molecule has 7 heteroatoms. The molecular weight excluding hydrogens is 490 g/mol. The normalized spacial score (nSPS) is 20.0. The van der Waals surface area contributed by atoms with Crippen LogP contribution in [0.4, 0.5) is 0 Å². The van der Waals surface area contributed by atoms with Gasteiger partial charge in [-0.15, -0.1) is 0 Å². The molecule has 0 aliphatic heterocycles. The Labute approximate surface area is 229 Å². The van der Waals surface area contributed by atoms with Crippen molar-refractivity contribution in [1.29, 1.82) is 0 Å². The number of nitrogens with zero attached hydrogens (tertiary/aromatic N) is 3. The number of hydrogen-bond donors (Lipinski definition) is 0. The maximum absolute atomic E-state index is 12.7. The molecule has 1 unspecified atom stereocenters. The third kappa shape index (κ3) is 5.22. The van der Waals surface area contributed by atoms with Gasteiger partial charge in [-0.1, -0.05) is 48.7 Å². The Kier molecular flexibility index (Phi) is 6.98. The lowest BCUT2D eigenvalue weighted by Crippen LogP contribution is -2.25. The number of benzene rings is 2. The summed E-state index contributed by atoms with van der Waals surface area (Å²) in [5.74, 6) is 2.23. The minimum Gasteiger partial charge on any atom is -0.490 e. The summed E-state index contributed by atoms with van der Waals surface area (Å²) in [4.78, 5) is 12.7. The van der Waals surface area contributed by atoms with Crippen LogP contribution in [0.5, 0.6) is 5.75 Å². The third-order valence-corrected chi connectivity index (χ3v) is 8.26. The Morgan fingerprint density at radius 3 is 2.54 bits per heavy atom. The highest BCUT2D eigenvalue weighted by atomic mass is 16.5. The van der Waals surface area contributed by atoms with Crippen molar-refractivity contribution in [2.75, 3.05) is 7.11 Å². The molecule has 7 nitrogen and oxygen atoms in total. The van der Waals surface area contributed by atoms with E-state index in [-0.39, 0.29) is 23.9 Å². The van der Waals surface area contributed by atoms with E-state index in [1.54, 1.807) is 6.20 Å². The van der Waals surface area contributed by atoms with Crippen LogP contribution in [0.2, 0.25) is 0 Å². The fourth-order valence-electron chi connectivity index (χ4n) is 6.04. The lowest BCUT2D eigenvalue weighted by Gasteiger charge is -2.28. The highest BCUT2D eigenvalue weighted by molar-refractivity contribution is 5.91. The van der Waals surface area contributed by atoms with Crippen LogP contribution in [0.25, 0.3) is 16.8 Å². The van der Waals surface area contributed by atoms with E-state index in [2.05, 4.69) is 41.4 Å². The first kappa shape index (κ1) is 25.4. The summed E-state index contributed by atoms with van der Waals surface area (Å²) in [7, 11) is 1.40. The van der Waals surface area contributed by atoms with Crippen LogP contribution in [0.1, 0.15) is 84.8 Å². The molecule has 39 heavy (non-hydrogen) atoms. The van der Waals surface area contributed by atoms with Gasteiger partial charge in [0, 0.05) is 17.9 Å². The summed E-state index contributed by atoms with van der Waals surface area (Å²) in [5.41, 5.74) is 5.20. The van der Waals surface area contributed by atoms with E-state index < -0.39 is 0 Å². The number of methoxy groups -OCH3 is 1. The van der Waals surface area contributed by atoms with Crippen LogP contribution in [0.3, 0.4) is 0 Å². The van der Waals surface area contributed by atoms with Gasteiger partial charge >= 0.3 is 5.97 Å². The van der Waals surface area contributed by atoms with Crippen molar-refractivity contribution in [3.05, 3.63) is 83.5 Å². The predicted octanol–water partition coefficient (Wildman–Crippen LogP) is 7.24. The average molecular weight is 526 g/mol. The van der Waals surface area contributed by atoms with Crippen LogP contribution >= 0.6 is 0 Å². The maximum Gasteiger partial charge on any atom is 0.341 e. The summed E-state index contributed by atoms with van der Waals surface area (Å²) in [5, 5.41) is 8.68. The quantitative estimate of drug-likeness (QED) is 0.226. The number of aryl methyl sites for hydroxylation is 1. The molecule has 2 aliphatic carbocycles. The molecule has 2 aromatic carbocycles. The monoisotopic (exact) mass is 525 g/mol. The molecule has 2 fully saturated rings. The van der Waals surface area contributed by atoms with E-state index >= 15 is 0 Å². The molecule has 3 atom stereocenters. The van der Waals surface area contributed by atoms with Crippen molar-refractivity contribution in [3.63, 3.8) is 0 Å². The zero-order valence-corrected chi connectivity index (χ0v) is 22.8. The molecule has 2 aliphatic rings. The molecular formula is C32H35N3O4. The summed E-state index contributed by atoms with van der Waals surface area (Å²) in [6, 6.07) is 18.5. The van der Waals surface area contributed by atoms with Crippen molar-refractivity contribution < 1.29 is 18.8 Å². The van der Waals surface area contributed by atoms with Crippen molar-refractivity contribution in [3.8, 4) is 22.6 Å². The second kappa shape index (κ2) is 10.7. The molecule has 202 valence electrons. The second-order valence-electron chi connectivity index (χ2n) is 11.0. The number of ether oxygens (including phenoxy) is 2. The number of rotatable bonds is 8. The fourth-order valence-corrected chi connectivity index (χ4v) is 6.04. The van der Waals surface area contributed by atoms with E-state index in [0.717, 1.165) is 46.1 Å². The summed E-state index contributed by atoms with van der Waals surface area (Å²) >= 11 is 0. The molecule has 4 aromatic rings. The topological polar surface area (TPSA) is 79.4 Å². The van der Waals surface area contributed by atoms with Crippen LogP contribution in [-0.4, -0.2) is 34.1 Å².